The first-order valence-corrected chi connectivity index (χ1v) is 2.82. The fourth-order valence-corrected chi connectivity index (χ4v) is 0.661. The Balaban J connectivity index is 3.46. The van der Waals surface area contributed by atoms with Crippen molar-refractivity contribution in [3.8, 4) is 0 Å². The molecule has 0 bridgehead atoms. The monoisotopic (exact) mass is 183 g/mol. The van der Waals surface area contributed by atoms with Crippen LogP contribution in [0.25, 0.3) is 0 Å². The number of hydrogen-bond donors (Lipinski definition) is 0. The Bertz CT molecular complexity index is 271. The van der Waals surface area contributed by atoms with Crippen LogP contribution in [0.1, 0.15) is 0 Å². The minimum Gasteiger partial charge on any atom is -0.203 e. The second-order valence-corrected chi connectivity index (χ2v) is 2.07. The van der Waals surface area contributed by atoms with Gasteiger partial charge in [-0.25, -0.2) is 17.6 Å². The smallest absolute Gasteiger partial charge is 0.199 e. The van der Waals surface area contributed by atoms with Gasteiger partial charge in [0.25, 0.3) is 0 Å². The van der Waals surface area contributed by atoms with E-state index in [1.54, 1.807) is 0 Å². The molecule has 0 fully saturated rings. The first kappa shape index (κ1) is 8.33. The van der Waals surface area contributed by atoms with Gasteiger partial charge in [0.2, 0.25) is 0 Å². The lowest BCUT2D eigenvalue weighted by molar-refractivity contribution is 0.408. The molecule has 0 nitrogen and oxygen atoms in total. The van der Waals surface area contributed by atoms with Crippen molar-refractivity contribution in [1.82, 2.24) is 0 Å². The summed E-state index contributed by atoms with van der Waals surface area (Å²) in [6.45, 7) is 0. The summed E-state index contributed by atoms with van der Waals surface area (Å²) in [4.78, 5) is 0. The third-order valence-electron chi connectivity index (χ3n) is 0.990. The molecule has 0 unspecified atom stereocenters. The molecule has 1 radical (unpaired) electrons. The molecule has 0 aliphatic rings. The van der Waals surface area contributed by atoms with Crippen LogP contribution in [0, 0.1) is 29.3 Å². The molecule has 0 spiro atoms. The summed E-state index contributed by atoms with van der Waals surface area (Å²) < 4.78 is 48.6. The van der Waals surface area contributed by atoms with E-state index in [-0.39, 0.29) is 0 Å². The van der Waals surface area contributed by atoms with Crippen LogP contribution in [0.2, 0.25) is 5.02 Å². The summed E-state index contributed by atoms with van der Waals surface area (Å²) in [5.74, 6) is -7.10. The molecular formula is C6ClF4. The predicted molar refractivity (Wildman–Crippen MR) is 30.1 cm³/mol. The minimum atomic E-state index is -1.92. The number of hydrogen-bond acceptors (Lipinski definition) is 0. The van der Waals surface area contributed by atoms with E-state index in [2.05, 4.69) is 0 Å². The molecule has 0 N–H and O–H groups in total. The lowest BCUT2D eigenvalue weighted by Crippen LogP contribution is -1.95. The van der Waals surface area contributed by atoms with E-state index < -0.39 is 28.3 Å². The van der Waals surface area contributed by atoms with Gasteiger partial charge in [-0.15, -0.1) is 0 Å². The zero-order chi connectivity index (χ0) is 8.59. The summed E-state index contributed by atoms with van der Waals surface area (Å²) in [5, 5.41) is -0.901. The van der Waals surface area contributed by atoms with Gasteiger partial charge in [0.05, 0.1) is 5.02 Å². The van der Waals surface area contributed by atoms with E-state index in [9.17, 15) is 17.6 Å². The lowest BCUT2D eigenvalue weighted by Gasteiger charge is -1.96. The van der Waals surface area contributed by atoms with Crippen molar-refractivity contribution in [3.63, 3.8) is 0 Å². The van der Waals surface area contributed by atoms with Gasteiger partial charge >= 0.3 is 0 Å². The van der Waals surface area contributed by atoms with Gasteiger partial charge in [-0.2, -0.15) is 0 Å². The van der Waals surface area contributed by atoms with Crippen LogP contribution in [-0.4, -0.2) is 0 Å². The highest BCUT2D eigenvalue weighted by atomic mass is 35.5. The molecule has 1 aromatic rings. The predicted octanol–water partition coefficient (Wildman–Crippen LogP) is 2.70. The van der Waals surface area contributed by atoms with Crippen LogP contribution in [-0.2, 0) is 0 Å². The molecule has 0 heterocycles. The maximum Gasteiger partial charge on any atom is 0.199 e. The van der Waals surface area contributed by atoms with Crippen LogP contribution in [0.4, 0.5) is 17.6 Å². The second-order valence-electron chi connectivity index (χ2n) is 1.69. The van der Waals surface area contributed by atoms with E-state index in [4.69, 9.17) is 11.6 Å². The quantitative estimate of drug-likeness (QED) is 0.330. The molecule has 5 heteroatoms. The highest BCUT2D eigenvalue weighted by molar-refractivity contribution is 6.30. The topological polar surface area (TPSA) is 0 Å². The van der Waals surface area contributed by atoms with Gasteiger partial charge in [0.1, 0.15) is 0 Å². The van der Waals surface area contributed by atoms with Gasteiger partial charge < -0.3 is 0 Å². The number of halogens is 5. The Hall–Kier alpha value is -0.770. The van der Waals surface area contributed by atoms with E-state index in [1.165, 1.54) is 6.07 Å². The molecule has 1 rings (SSSR count). The van der Waals surface area contributed by atoms with E-state index in [0.29, 0.717) is 0 Å². The largest absolute Gasteiger partial charge is 0.203 e. The minimum absolute atomic E-state index is 0.901. The molecule has 0 saturated heterocycles. The van der Waals surface area contributed by atoms with E-state index in [0.717, 1.165) is 0 Å². The molecule has 0 aromatic heterocycles. The summed E-state index contributed by atoms with van der Waals surface area (Å²) in [5.41, 5.74) is 0. The molecule has 11 heavy (non-hydrogen) atoms. The fourth-order valence-electron chi connectivity index (χ4n) is 0.495. The number of rotatable bonds is 0. The summed E-state index contributed by atoms with van der Waals surface area (Å²) in [6, 6.07) is 1.46. The summed E-state index contributed by atoms with van der Waals surface area (Å²) >= 11 is 4.91. The Morgan fingerprint density at radius 3 is 2.00 bits per heavy atom. The Morgan fingerprint density at radius 2 is 1.45 bits per heavy atom. The molecule has 0 aliphatic carbocycles. The van der Waals surface area contributed by atoms with E-state index in [1.807, 2.05) is 0 Å². The number of benzene rings is 1. The van der Waals surface area contributed by atoms with Gasteiger partial charge in [-0.1, -0.05) is 11.6 Å². The summed E-state index contributed by atoms with van der Waals surface area (Å²) in [6.07, 6.45) is 0. The zero-order valence-corrected chi connectivity index (χ0v) is 5.65. The van der Waals surface area contributed by atoms with Gasteiger partial charge in [0, 0.05) is 6.07 Å². The molecule has 0 amide bonds. The highest BCUT2D eigenvalue weighted by Crippen LogP contribution is 2.21. The molecule has 0 atom stereocenters. The average molecular weight is 184 g/mol. The third-order valence-corrected chi connectivity index (χ3v) is 1.25. The Labute approximate surface area is 64.4 Å². The summed E-state index contributed by atoms with van der Waals surface area (Å²) in [7, 11) is 0. The molecule has 0 aliphatic heterocycles. The Kier molecular flexibility index (Phi) is 2.04. The lowest BCUT2D eigenvalue weighted by atomic mass is 10.3. The molecule has 0 saturated carbocycles. The first-order valence-electron chi connectivity index (χ1n) is 2.44. The van der Waals surface area contributed by atoms with Crippen LogP contribution in [0.5, 0.6) is 0 Å². The average Bonchev–Trinajstić information content (AvgIpc) is 1.97. The standard InChI is InChI=1S/C6ClF4/c7-2-1-3(8)5(10)6(11)4(2)9. The molecular weight excluding hydrogens is 184 g/mol. The Morgan fingerprint density at radius 1 is 0.909 bits per heavy atom. The van der Waals surface area contributed by atoms with Crippen molar-refractivity contribution >= 4 is 11.6 Å². The van der Waals surface area contributed by atoms with Crippen molar-refractivity contribution in [1.29, 1.82) is 0 Å². The van der Waals surface area contributed by atoms with Gasteiger partial charge in [-0.3, -0.25) is 0 Å². The molecule has 1 aromatic carbocycles. The normalized spacial score (nSPS) is 10.3. The van der Waals surface area contributed by atoms with Crippen LogP contribution in [0.15, 0.2) is 0 Å². The molecule has 59 valence electrons. The van der Waals surface area contributed by atoms with Crippen LogP contribution >= 0.6 is 11.6 Å². The van der Waals surface area contributed by atoms with Crippen LogP contribution in [0.3, 0.4) is 0 Å². The van der Waals surface area contributed by atoms with Crippen molar-refractivity contribution in [3.05, 3.63) is 34.4 Å². The van der Waals surface area contributed by atoms with Gasteiger partial charge in [0.15, 0.2) is 23.3 Å². The van der Waals surface area contributed by atoms with Crippen molar-refractivity contribution < 1.29 is 17.6 Å². The first-order chi connectivity index (χ1) is 5.04. The van der Waals surface area contributed by atoms with Crippen molar-refractivity contribution in [2.45, 2.75) is 0 Å². The van der Waals surface area contributed by atoms with Gasteiger partial charge in [-0.05, 0) is 0 Å². The maximum atomic E-state index is 12.2. The SMILES string of the molecule is Fc1[c]c(Cl)c(F)c(F)c1F. The van der Waals surface area contributed by atoms with Crippen molar-refractivity contribution in [2.24, 2.45) is 0 Å². The second kappa shape index (κ2) is 2.70. The third kappa shape index (κ3) is 1.30. The highest BCUT2D eigenvalue weighted by Gasteiger charge is 2.17. The maximum absolute atomic E-state index is 12.2. The zero-order valence-electron chi connectivity index (χ0n) is 4.89. The van der Waals surface area contributed by atoms with E-state index >= 15 is 0 Å². The van der Waals surface area contributed by atoms with Crippen molar-refractivity contribution in [2.75, 3.05) is 0 Å². The van der Waals surface area contributed by atoms with Crippen LogP contribution < -0.4 is 0 Å². The fraction of sp³-hybridized carbons (Fsp3) is 0.